The highest BCUT2D eigenvalue weighted by atomic mass is 16.2. The largest absolute Gasteiger partial charge is 0.398 e. The standard InChI is InChI=1S/2C18H19N3O2/c2*1-20-9-3-4-11(10-20)21-17(22)13-6-2-5-12-15(19)8-7-14(16(12)13)18(21)23/h2*2,5-8,11H,3-4,9-10,19H2,1H3/t2*11-/m10/s1. The van der Waals surface area contributed by atoms with Gasteiger partial charge in [-0.3, -0.25) is 29.0 Å². The number of carbonyl (C=O) groups is 4. The van der Waals surface area contributed by atoms with Crippen molar-refractivity contribution in [3.05, 3.63) is 82.9 Å². The molecule has 10 heteroatoms. The Hall–Kier alpha value is -4.80. The van der Waals surface area contributed by atoms with Crippen LogP contribution in [0.25, 0.3) is 21.5 Å². The van der Waals surface area contributed by atoms with Crippen LogP contribution in [-0.4, -0.2) is 95.6 Å². The minimum atomic E-state index is -0.195. The molecule has 0 spiro atoms. The summed E-state index contributed by atoms with van der Waals surface area (Å²) < 4.78 is 0. The molecule has 4 aromatic rings. The van der Waals surface area contributed by atoms with Crippen LogP contribution < -0.4 is 11.5 Å². The van der Waals surface area contributed by atoms with Crippen LogP contribution >= 0.6 is 0 Å². The van der Waals surface area contributed by atoms with Crippen LogP contribution in [-0.2, 0) is 0 Å². The molecule has 0 aliphatic carbocycles. The quantitative estimate of drug-likeness (QED) is 0.252. The molecule has 4 aliphatic heterocycles. The predicted octanol–water partition coefficient (Wildman–Crippen LogP) is 4.22. The molecule has 236 valence electrons. The third kappa shape index (κ3) is 4.80. The smallest absolute Gasteiger partial charge is 0.261 e. The maximum absolute atomic E-state index is 13.0. The van der Waals surface area contributed by atoms with Crippen LogP contribution in [0.4, 0.5) is 11.4 Å². The van der Waals surface area contributed by atoms with Gasteiger partial charge in [-0.15, -0.1) is 0 Å². The van der Waals surface area contributed by atoms with E-state index < -0.39 is 0 Å². The van der Waals surface area contributed by atoms with E-state index in [-0.39, 0.29) is 35.7 Å². The van der Waals surface area contributed by atoms with Crippen LogP contribution in [0.2, 0.25) is 0 Å². The Bertz CT molecular complexity index is 1760. The number of likely N-dealkylation sites (N-methyl/N-ethyl adjacent to an activating group) is 2. The number of anilines is 2. The molecule has 2 saturated heterocycles. The Balaban J connectivity index is 0.000000147. The molecule has 8 rings (SSSR count). The van der Waals surface area contributed by atoms with Gasteiger partial charge >= 0.3 is 0 Å². The number of rotatable bonds is 2. The van der Waals surface area contributed by atoms with Crippen LogP contribution in [0.5, 0.6) is 0 Å². The Morgan fingerprint density at radius 3 is 1.28 bits per heavy atom. The molecule has 0 saturated carbocycles. The van der Waals surface area contributed by atoms with E-state index in [4.69, 9.17) is 11.5 Å². The average molecular weight is 619 g/mol. The average Bonchev–Trinajstić information content (AvgIpc) is 3.04. The van der Waals surface area contributed by atoms with Crippen molar-refractivity contribution >= 4 is 56.5 Å². The van der Waals surface area contributed by atoms with Gasteiger partial charge in [0.1, 0.15) is 0 Å². The predicted molar refractivity (Wildman–Crippen MR) is 179 cm³/mol. The molecule has 2 atom stereocenters. The van der Waals surface area contributed by atoms with Gasteiger partial charge in [0.05, 0.1) is 12.1 Å². The number of nitrogen functional groups attached to an aromatic ring is 2. The number of nitrogens with zero attached hydrogens (tertiary/aromatic N) is 4. The molecule has 2 fully saturated rings. The van der Waals surface area contributed by atoms with Gasteiger partial charge in [-0.05, 0) is 89.3 Å². The highest BCUT2D eigenvalue weighted by molar-refractivity contribution is 6.27. The lowest BCUT2D eigenvalue weighted by Gasteiger charge is -2.38. The van der Waals surface area contributed by atoms with Crippen LogP contribution in [0.1, 0.15) is 67.1 Å². The molecule has 46 heavy (non-hydrogen) atoms. The fourth-order valence-electron chi connectivity index (χ4n) is 7.64. The van der Waals surface area contributed by atoms with Gasteiger partial charge in [0.2, 0.25) is 0 Å². The summed E-state index contributed by atoms with van der Waals surface area (Å²) in [6, 6.07) is 17.8. The molecule has 0 unspecified atom stereocenters. The number of hydrogen-bond donors (Lipinski definition) is 2. The fraction of sp³-hybridized carbons (Fsp3) is 0.333. The van der Waals surface area contributed by atoms with E-state index in [1.54, 1.807) is 36.4 Å². The molecule has 10 nitrogen and oxygen atoms in total. The van der Waals surface area contributed by atoms with E-state index >= 15 is 0 Å². The zero-order valence-electron chi connectivity index (χ0n) is 26.2. The van der Waals surface area contributed by atoms with Crippen molar-refractivity contribution in [3.8, 4) is 0 Å². The van der Waals surface area contributed by atoms with Crippen molar-refractivity contribution in [3.63, 3.8) is 0 Å². The van der Waals surface area contributed by atoms with Gasteiger partial charge in [0.15, 0.2) is 0 Å². The van der Waals surface area contributed by atoms with Gasteiger partial charge < -0.3 is 21.3 Å². The normalized spacial score (nSPS) is 22.0. The summed E-state index contributed by atoms with van der Waals surface area (Å²) in [6.07, 6.45) is 3.72. The second-order valence-corrected chi connectivity index (χ2v) is 12.9. The summed E-state index contributed by atoms with van der Waals surface area (Å²) in [6.45, 7) is 3.49. The number of piperidine rings is 2. The van der Waals surface area contributed by atoms with E-state index in [9.17, 15) is 19.2 Å². The Kier molecular flexibility index (Phi) is 7.49. The number of imide groups is 2. The molecular formula is C36H38N6O4. The van der Waals surface area contributed by atoms with E-state index in [0.29, 0.717) is 44.4 Å². The first kappa shape index (κ1) is 29.9. The molecule has 4 heterocycles. The number of nitrogens with two attached hydrogens (primary N) is 2. The lowest BCUT2D eigenvalue weighted by atomic mass is 9.91. The second-order valence-electron chi connectivity index (χ2n) is 12.9. The van der Waals surface area contributed by atoms with Gasteiger partial charge in [-0.25, -0.2) is 0 Å². The first-order valence-electron chi connectivity index (χ1n) is 15.9. The molecule has 4 amide bonds. The third-order valence-electron chi connectivity index (χ3n) is 9.88. The summed E-state index contributed by atoms with van der Waals surface area (Å²) in [5, 5.41) is 2.95. The second kappa shape index (κ2) is 11.5. The SMILES string of the molecule is CN1CCC[C@@H](N2C(=O)c3cccc4c(N)ccc(c34)C2=O)C1.CN1CCC[C@H](N2C(=O)c3cccc4c(N)ccc(c34)C2=O)C1. The van der Waals surface area contributed by atoms with Gasteiger partial charge in [-0.1, -0.05) is 24.3 Å². The van der Waals surface area contributed by atoms with Crippen LogP contribution in [0.3, 0.4) is 0 Å². The van der Waals surface area contributed by atoms with Crippen molar-refractivity contribution in [1.82, 2.24) is 19.6 Å². The van der Waals surface area contributed by atoms with E-state index in [2.05, 4.69) is 9.80 Å². The summed E-state index contributed by atoms with van der Waals surface area (Å²) in [7, 11) is 4.06. The van der Waals surface area contributed by atoms with Crippen molar-refractivity contribution in [2.75, 3.05) is 51.7 Å². The van der Waals surface area contributed by atoms with Crippen molar-refractivity contribution < 1.29 is 19.2 Å². The highest BCUT2D eigenvalue weighted by Crippen LogP contribution is 2.36. The Morgan fingerprint density at radius 2 is 0.913 bits per heavy atom. The number of carbonyl (C=O) groups excluding carboxylic acids is 4. The zero-order valence-corrected chi connectivity index (χ0v) is 26.2. The van der Waals surface area contributed by atoms with Crippen LogP contribution in [0, 0.1) is 0 Å². The highest BCUT2D eigenvalue weighted by Gasteiger charge is 2.40. The summed E-state index contributed by atoms with van der Waals surface area (Å²) >= 11 is 0. The molecule has 4 aliphatic rings. The molecule has 4 N–H and O–H groups in total. The van der Waals surface area contributed by atoms with Gasteiger partial charge in [0, 0.05) is 68.3 Å². The number of likely N-dealkylation sites (tertiary alicyclic amines) is 2. The lowest BCUT2D eigenvalue weighted by molar-refractivity contribution is 0.0443. The minimum Gasteiger partial charge on any atom is -0.398 e. The summed E-state index contributed by atoms with van der Waals surface area (Å²) in [5.74, 6) is -0.781. The van der Waals surface area contributed by atoms with E-state index in [1.807, 2.05) is 38.4 Å². The molecule has 0 aromatic heterocycles. The topological polar surface area (TPSA) is 133 Å². The van der Waals surface area contributed by atoms with E-state index in [1.165, 1.54) is 9.80 Å². The van der Waals surface area contributed by atoms with E-state index in [0.717, 1.165) is 62.6 Å². The molecular weight excluding hydrogens is 580 g/mol. The number of hydrogen-bond acceptors (Lipinski definition) is 8. The third-order valence-corrected chi connectivity index (χ3v) is 9.88. The van der Waals surface area contributed by atoms with Gasteiger partial charge in [0.25, 0.3) is 23.6 Å². The maximum atomic E-state index is 13.0. The zero-order chi connectivity index (χ0) is 32.3. The van der Waals surface area contributed by atoms with Crippen molar-refractivity contribution in [1.29, 1.82) is 0 Å². The molecule has 0 bridgehead atoms. The Morgan fingerprint density at radius 1 is 0.543 bits per heavy atom. The monoisotopic (exact) mass is 618 g/mol. The number of benzene rings is 4. The molecule has 4 aromatic carbocycles. The fourth-order valence-corrected chi connectivity index (χ4v) is 7.64. The van der Waals surface area contributed by atoms with Crippen molar-refractivity contribution in [2.45, 2.75) is 37.8 Å². The number of amides is 4. The van der Waals surface area contributed by atoms with Crippen molar-refractivity contribution in [2.24, 2.45) is 0 Å². The first-order chi connectivity index (χ1) is 22.2. The summed E-state index contributed by atoms with van der Waals surface area (Å²) in [4.78, 5) is 59.2. The van der Waals surface area contributed by atoms with Gasteiger partial charge in [-0.2, -0.15) is 0 Å². The Labute approximate surface area is 267 Å². The van der Waals surface area contributed by atoms with Crippen LogP contribution in [0.15, 0.2) is 60.7 Å². The lowest BCUT2D eigenvalue weighted by Crippen LogP contribution is -2.53. The molecule has 0 radical (unpaired) electrons. The first-order valence-corrected chi connectivity index (χ1v) is 15.9. The maximum Gasteiger partial charge on any atom is 0.261 e. The summed E-state index contributed by atoms with van der Waals surface area (Å²) in [5.41, 5.74) is 15.5. The minimum absolute atomic E-state index is 0.0605.